The summed E-state index contributed by atoms with van der Waals surface area (Å²) in [6.45, 7) is 3.31. The fourth-order valence-electron chi connectivity index (χ4n) is 2.01. The molecule has 0 saturated heterocycles. The fraction of sp³-hybridized carbons (Fsp3) is 0.222. The van der Waals surface area contributed by atoms with Gasteiger partial charge in [-0.3, -0.25) is 4.79 Å². The van der Waals surface area contributed by atoms with Gasteiger partial charge < -0.3 is 21.1 Å². The lowest BCUT2D eigenvalue weighted by molar-refractivity contribution is -0.115. The maximum atomic E-state index is 12.0. The first-order chi connectivity index (χ1) is 11.7. The molecule has 0 unspecified atom stereocenters. The van der Waals surface area contributed by atoms with Crippen LogP contribution < -0.4 is 16.0 Å². The molecule has 1 amide bonds. The number of guanidine groups is 1. The topological polar surface area (TPSA) is 85.8 Å². The number of aliphatic imine (C=N–C) groups is 1. The third kappa shape index (κ3) is 7.88. The average Bonchev–Trinajstić information content (AvgIpc) is 2.60. The van der Waals surface area contributed by atoms with Crippen molar-refractivity contribution in [3.05, 3.63) is 60.2 Å². The summed E-state index contributed by atoms with van der Waals surface area (Å²) in [6.07, 6.45) is 0. The first-order valence-electron chi connectivity index (χ1n) is 7.82. The van der Waals surface area contributed by atoms with Crippen LogP contribution in [-0.4, -0.2) is 30.1 Å². The van der Waals surface area contributed by atoms with Crippen LogP contribution in [0, 0.1) is 0 Å². The smallest absolute Gasteiger partial charge is 0.243 e. The van der Waals surface area contributed by atoms with E-state index >= 15 is 0 Å². The fourth-order valence-corrected chi connectivity index (χ4v) is 2.01. The molecule has 0 bridgehead atoms. The Balaban J connectivity index is 0.00000312. The van der Waals surface area contributed by atoms with Gasteiger partial charge in [-0.25, -0.2) is 4.99 Å². The Bertz CT molecular complexity index is 675. The van der Waals surface area contributed by atoms with Gasteiger partial charge in [-0.2, -0.15) is 0 Å². The van der Waals surface area contributed by atoms with Crippen molar-refractivity contribution in [3.8, 4) is 5.75 Å². The number of nitrogens with zero attached hydrogens (tertiary/aromatic N) is 1. The zero-order valence-corrected chi connectivity index (χ0v) is 16.4. The minimum atomic E-state index is -0.189. The van der Waals surface area contributed by atoms with Crippen molar-refractivity contribution in [1.82, 2.24) is 10.6 Å². The largest absolute Gasteiger partial charge is 0.508 e. The summed E-state index contributed by atoms with van der Waals surface area (Å²) >= 11 is 0. The third-order valence-corrected chi connectivity index (χ3v) is 3.17. The Morgan fingerprint density at radius 1 is 1.04 bits per heavy atom. The van der Waals surface area contributed by atoms with Crippen LogP contribution in [0.3, 0.4) is 0 Å². The number of phenolic OH excluding ortho intramolecular Hbond substituents is 1. The van der Waals surface area contributed by atoms with Gasteiger partial charge in [-0.05, 0) is 36.8 Å². The molecule has 2 aromatic rings. The Kier molecular flexibility index (Phi) is 9.38. The molecule has 0 aliphatic carbocycles. The molecule has 0 aromatic heterocycles. The molecule has 2 aromatic carbocycles. The van der Waals surface area contributed by atoms with Crippen molar-refractivity contribution in [1.29, 1.82) is 0 Å². The summed E-state index contributed by atoms with van der Waals surface area (Å²) in [4.78, 5) is 16.4. The first kappa shape index (κ1) is 20.8. The zero-order chi connectivity index (χ0) is 17.2. The van der Waals surface area contributed by atoms with Crippen LogP contribution in [-0.2, 0) is 11.3 Å². The number of halogens is 1. The number of benzene rings is 2. The number of carbonyl (C=O) groups excluding carboxylic acids is 1. The molecule has 2 rings (SSSR count). The van der Waals surface area contributed by atoms with Crippen LogP contribution in [0.2, 0.25) is 0 Å². The van der Waals surface area contributed by atoms with E-state index in [0.29, 0.717) is 24.7 Å². The number of carbonyl (C=O) groups is 1. The molecule has 6 nitrogen and oxygen atoms in total. The predicted octanol–water partition coefficient (Wildman–Crippen LogP) is 2.70. The van der Waals surface area contributed by atoms with Gasteiger partial charge in [0.1, 0.15) is 5.75 Å². The minimum absolute atomic E-state index is 0. The van der Waals surface area contributed by atoms with Gasteiger partial charge in [0, 0.05) is 12.2 Å². The van der Waals surface area contributed by atoms with Gasteiger partial charge in [0.25, 0.3) is 0 Å². The SMILES string of the molecule is CCNC(=NCc1ccccc1)NCC(=O)Nc1ccc(O)cc1.I. The molecule has 0 saturated carbocycles. The first-order valence-corrected chi connectivity index (χ1v) is 7.82. The number of rotatable bonds is 6. The maximum absolute atomic E-state index is 12.0. The van der Waals surface area contributed by atoms with E-state index in [9.17, 15) is 9.90 Å². The van der Waals surface area contributed by atoms with Crippen molar-refractivity contribution in [2.24, 2.45) is 4.99 Å². The molecule has 0 fully saturated rings. The molecule has 0 radical (unpaired) electrons. The van der Waals surface area contributed by atoms with Crippen molar-refractivity contribution in [2.45, 2.75) is 13.5 Å². The summed E-state index contributed by atoms with van der Waals surface area (Å²) in [7, 11) is 0. The summed E-state index contributed by atoms with van der Waals surface area (Å²) in [5, 5.41) is 18.1. The van der Waals surface area contributed by atoms with E-state index in [4.69, 9.17) is 0 Å². The van der Waals surface area contributed by atoms with Gasteiger partial charge in [-0.15, -0.1) is 24.0 Å². The number of hydrogen-bond acceptors (Lipinski definition) is 3. The third-order valence-electron chi connectivity index (χ3n) is 3.17. The van der Waals surface area contributed by atoms with Gasteiger partial charge in [-0.1, -0.05) is 30.3 Å². The molecule has 4 N–H and O–H groups in total. The van der Waals surface area contributed by atoms with E-state index in [2.05, 4.69) is 20.9 Å². The highest BCUT2D eigenvalue weighted by molar-refractivity contribution is 14.0. The molecule has 0 heterocycles. The predicted molar refractivity (Wildman–Crippen MR) is 111 cm³/mol. The highest BCUT2D eigenvalue weighted by atomic mass is 127. The highest BCUT2D eigenvalue weighted by Gasteiger charge is 2.04. The molecule has 0 aliphatic heterocycles. The van der Waals surface area contributed by atoms with Crippen molar-refractivity contribution in [2.75, 3.05) is 18.4 Å². The van der Waals surface area contributed by atoms with Gasteiger partial charge in [0.15, 0.2) is 5.96 Å². The molecule has 0 spiro atoms. The van der Waals surface area contributed by atoms with Crippen molar-refractivity contribution in [3.63, 3.8) is 0 Å². The van der Waals surface area contributed by atoms with Crippen LogP contribution in [0.5, 0.6) is 5.75 Å². The summed E-state index contributed by atoms with van der Waals surface area (Å²) in [5.74, 6) is 0.557. The molecular formula is C18H23IN4O2. The van der Waals surface area contributed by atoms with Crippen molar-refractivity contribution < 1.29 is 9.90 Å². The molecular weight excluding hydrogens is 431 g/mol. The van der Waals surface area contributed by atoms with Gasteiger partial charge in [0.2, 0.25) is 5.91 Å². The average molecular weight is 454 g/mol. The second kappa shape index (κ2) is 11.3. The second-order valence-electron chi connectivity index (χ2n) is 5.13. The lowest BCUT2D eigenvalue weighted by atomic mass is 10.2. The van der Waals surface area contributed by atoms with E-state index in [-0.39, 0.29) is 42.2 Å². The Morgan fingerprint density at radius 2 is 1.72 bits per heavy atom. The van der Waals surface area contributed by atoms with E-state index in [1.54, 1.807) is 12.1 Å². The van der Waals surface area contributed by atoms with Gasteiger partial charge in [0.05, 0.1) is 13.1 Å². The number of aromatic hydroxyl groups is 1. The summed E-state index contributed by atoms with van der Waals surface area (Å²) < 4.78 is 0. The quantitative estimate of drug-likeness (QED) is 0.234. The van der Waals surface area contributed by atoms with E-state index < -0.39 is 0 Å². The molecule has 25 heavy (non-hydrogen) atoms. The minimum Gasteiger partial charge on any atom is -0.508 e. The molecule has 0 aliphatic rings. The van der Waals surface area contributed by atoms with Crippen LogP contribution >= 0.6 is 24.0 Å². The monoisotopic (exact) mass is 454 g/mol. The molecule has 7 heteroatoms. The second-order valence-corrected chi connectivity index (χ2v) is 5.13. The Morgan fingerprint density at radius 3 is 2.36 bits per heavy atom. The number of hydrogen-bond donors (Lipinski definition) is 4. The van der Waals surface area contributed by atoms with E-state index in [1.165, 1.54) is 12.1 Å². The highest BCUT2D eigenvalue weighted by Crippen LogP contribution is 2.13. The normalized spacial score (nSPS) is 10.5. The summed E-state index contributed by atoms with van der Waals surface area (Å²) in [5.41, 5.74) is 1.73. The van der Waals surface area contributed by atoms with Crippen LogP contribution in [0.4, 0.5) is 5.69 Å². The van der Waals surface area contributed by atoms with Crippen LogP contribution in [0.15, 0.2) is 59.6 Å². The summed E-state index contributed by atoms with van der Waals surface area (Å²) in [6, 6.07) is 16.2. The number of nitrogens with one attached hydrogen (secondary N) is 3. The molecule has 134 valence electrons. The molecule has 0 atom stereocenters. The van der Waals surface area contributed by atoms with E-state index in [0.717, 1.165) is 5.56 Å². The van der Waals surface area contributed by atoms with Gasteiger partial charge >= 0.3 is 0 Å². The van der Waals surface area contributed by atoms with Crippen LogP contribution in [0.1, 0.15) is 12.5 Å². The Hall–Kier alpha value is -2.29. The lowest BCUT2D eigenvalue weighted by Gasteiger charge is -2.11. The maximum Gasteiger partial charge on any atom is 0.243 e. The lowest BCUT2D eigenvalue weighted by Crippen LogP contribution is -2.41. The number of amides is 1. The standard InChI is InChI=1S/C18H22N4O2.HI/c1-2-19-18(20-12-14-6-4-3-5-7-14)21-13-17(24)22-15-8-10-16(23)11-9-15;/h3-11,23H,2,12-13H2,1H3,(H,22,24)(H2,19,20,21);1H. The van der Waals surface area contributed by atoms with E-state index in [1.807, 2.05) is 37.3 Å². The Labute approximate surface area is 164 Å². The number of phenols is 1. The number of anilines is 1. The van der Waals surface area contributed by atoms with Crippen molar-refractivity contribution >= 4 is 41.5 Å². The zero-order valence-electron chi connectivity index (χ0n) is 14.0. The van der Waals surface area contributed by atoms with Crippen LogP contribution in [0.25, 0.3) is 0 Å².